The number of halogens is 1. The van der Waals surface area contributed by atoms with E-state index >= 15 is 4.39 Å². The number of carbonyl (C=O) groups is 1. The molecule has 1 fully saturated rings. The van der Waals surface area contributed by atoms with E-state index in [2.05, 4.69) is 47.3 Å². The number of aromatic nitrogens is 6. The van der Waals surface area contributed by atoms with Gasteiger partial charge in [0, 0.05) is 56.1 Å². The fourth-order valence-electron chi connectivity index (χ4n) is 4.97. The smallest absolute Gasteiger partial charge is 0.224 e. The number of carbonyl (C=O) groups excluding carboxylic acids is 1. The second-order valence-corrected chi connectivity index (χ2v) is 9.94. The molecular formula is C28H30FN9O. The van der Waals surface area contributed by atoms with Crippen LogP contribution in [-0.4, -0.2) is 74.2 Å². The van der Waals surface area contributed by atoms with E-state index in [9.17, 15) is 4.79 Å². The lowest BCUT2D eigenvalue weighted by Crippen LogP contribution is -2.44. The van der Waals surface area contributed by atoms with Crippen molar-refractivity contribution in [3.8, 4) is 22.6 Å². The van der Waals surface area contributed by atoms with Crippen LogP contribution in [-0.2, 0) is 4.79 Å². The third-order valence-electron chi connectivity index (χ3n) is 7.17. The maximum absolute atomic E-state index is 16.1. The molecule has 1 aromatic carbocycles. The summed E-state index contributed by atoms with van der Waals surface area (Å²) in [5.74, 6) is 0.753. The Morgan fingerprint density at radius 2 is 1.97 bits per heavy atom. The summed E-state index contributed by atoms with van der Waals surface area (Å²) >= 11 is 0. The van der Waals surface area contributed by atoms with Crippen LogP contribution in [0.5, 0.6) is 0 Å². The summed E-state index contributed by atoms with van der Waals surface area (Å²) in [5.41, 5.74) is 3.95. The van der Waals surface area contributed by atoms with E-state index in [1.165, 1.54) is 0 Å². The molecule has 4 aromatic heterocycles. The minimum atomic E-state index is -0.439. The fraction of sp³-hybridized carbons (Fsp3) is 0.321. The number of H-pyrrole nitrogens is 2. The quantitative estimate of drug-likeness (QED) is 0.283. The van der Waals surface area contributed by atoms with Gasteiger partial charge in [-0.2, -0.15) is 5.10 Å². The van der Waals surface area contributed by atoms with Crippen molar-refractivity contribution in [2.24, 2.45) is 0 Å². The summed E-state index contributed by atoms with van der Waals surface area (Å²) in [6.45, 7) is 5.66. The van der Waals surface area contributed by atoms with Gasteiger partial charge in [-0.1, -0.05) is 13.3 Å². The summed E-state index contributed by atoms with van der Waals surface area (Å²) < 4.78 is 16.1. The standard InChI is InChI=1S/C28H30FN9O/c1-3-4-5-22(39)32-18-14-17(15-30-16-18)19-6-7-20-23(24(19)29)26(36-35-20)27-33-21-8-9-31-28(25(21)34-27)38-12-10-37(2)11-13-38/h6-9,14-16H,3-5,10-13H2,1-2H3,(H,32,39)(H,33,34)(H,35,36). The lowest BCUT2D eigenvalue weighted by molar-refractivity contribution is -0.116. The van der Waals surface area contributed by atoms with Crippen molar-refractivity contribution in [2.45, 2.75) is 26.2 Å². The molecule has 3 N–H and O–H groups in total. The summed E-state index contributed by atoms with van der Waals surface area (Å²) in [4.78, 5) is 33.7. The minimum absolute atomic E-state index is 0.0841. The largest absolute Gasteiger partial charge is 0.352 e. The molecule has 39 heavy (non-hydrogen) atoms. The first-order valence-corrected chi connectivity index (χ1v) is 13.2. The number of hydrogen-bond acceptors (Lipinski definition) is 7. The van der Waals surface area contributed by atoms with Gasteiger partial charge < -0.3 is 20.1 Å². The highest BCUT2D eigenvalue weighted by molar-refractivity contribution is 5.98. The predicted molar refractivity (Wildman–Crippen MR) is 150 cm³/mol. The third-order valence-corrected chi connectivity index (χ3v) is 7.17. The molecule has 1 amide bonds. The summed E-state index contributed by atoms with van der Waals surface area (Å²) in [5, 5.41) is 10.5. The Hall–Kier alpha value is -4.38. The normalized spacial score (nSPS) is 14.4. The van der Waals surface area contributed by atoms with E-state index in [1.54, 1.807) is 36.8 Å². The Morgan fingerprint density at radius 1 is 1.13 bits per heavy atom. The number of nitrogens with one attached hydrogen (secondary N) is 3. The maximum atomic E-state index is 16.1. The molecule has 200 valence electrons. The average Bonchev–Trinajstić information content (AvgIpc) is 3.57. The van der Waals surface area contributed by atoms with Crippen LogP contribution in [0.2, 0.25) is 0 Å². The number of amides is 1. The van der Waals surface area contributed by atoms with Crippen molar-refractivity contribution in [3.05, 3.63) is 48.7 Å². The molecule has 1 aliphatic heterocycles. The fourth-order valence-corrected chi connectivity index (χ4v) is 4.97. The van der Waals surface area contributed by atoms with Gasteiger partial charge in [0.25, 0.3) is 0 Å². The number of unbranched alkanes of at least 4 members (excludes halogenated alkanes) is 1. The number of aromatic amines is 2. The second kappa shape index (κ2) is 10.4. The molecule has 0 bridgehead atoms. The monoisotopic (exact) mass is 527 g/mol. The Kier molecular flexibility index (Phi) is 6.65. The van der Waals surface area contributed by atoms with Crippen molar-refractivity contribution in [1.29, 1.82) is 0 Å². The van der Waals surface area contributed by atoms with Crippen LogP contribution in [0.15, 0.2) is 42.9 Å². The molecule has 1 saturated heterocycles. The number of anilines is 2. The Bertz CT molecular complexity index is 1650. The van der Waals surface area contributed by atoms with Gasteiger partial charge in [0.2, 0.25) is 5.91 Å². The molecule has 11 heteroatoms. The zero-order valence-electron chi connectivity index (χ0n) is 22.0. The van der Waals surface area contributed by atoms with Crippen LogP contribution in [0.1, 0.15) is 26.2 Å². The Balaban J connectivity index is 1.37. The van der Waals surface area contributed by atoms with Crippen LogP contribution >= 0.6 is 0 Å². The predicted octanol–water partition coefficient (Wildman–Crippen LogP) is 4.58. The number of rotatable bonds is 7. The van der Waals surface area contributed by atoms with Crippen molar-refractivity contribution >= 4 is 39.3 Å². The summed E-state index contributed by atoms with van der Waals surface area (Å²) in [6.07, 6.45) is 7.09. The van der Waals surface area contributed by atoms with Crippen molar-refractivity contribution in [2.75, 3.05) is 43.4 Å². The molecule has 0 unspecified atom stereocenters. The summed E-state index contributed by atoms with van der Waals surface area (Å²) in [7, 11) is 2.11. The molecule has 5 aromatic rings. The number of benzene rings is 1. The highest BCUT2D eigenvalue weighted by Crippen LogP contribution is 2.35. The number of nitrogens with zero attached hydrogens (tertiary/aromatic N) is 6. The van der Waals surface area contributed by atoms with E-state index in [0.717, 1.165) is 55.9 Å². The molecule has 0 atom stereocenters. The van der Waals surface area contributed by atoms with Crippen molar-refractivity contribution < 1.29 is 9.18 Å². The zero-order valence-corrected chi connectivity index (χ0v) is 22.0. The number of fused-ring (bicyclic) bond motifs is 2. The number of hydrogen-bond donors (Lipinski definition) is 3. The number of pyridine rings is 2. The maximum Gasteiger partial charge on any atom is 0.224 e. The molecule has 0 aliphatic carbocycles. The number of likely N-dealkylation sites (N-methyl/N-ethyl adjacent to an activating group) is 1. The highest BCUT2D eigenvalue weighted by atomic mass is 19.1. The average molecular weight is 528 g/mol. The molecule has 0 spiro atoms. The Morgan fingerprint density at radius 3 is 2.79 bits per heavy atom. The lowest BCUT2D eigenvalue weighted by Gasteiger charge is -2.33. The van der Waals surface area contributed by atoms with Crippen molar-refractivity contribution in [3.63, 3.8) is 0 Å². The molecule has 1 aliphatic rings. The first-order valence-electron chi connectivity index (χ1n) is 13.2. The SMILES string of the molecule is CCCCC(=O)Nc1cncc(-c2ccc3[nH]nc(-c4nc5c(N6CCN(C)CC6)nccc5[nH]4)c3c2F)c1. The van der Waals surface area contributed by atoms with E-state index in [-0.39, 0.29) is 5.91 Å². The molecule has 5 heterocycles. The molecular weight excluding hydrogens is 497 g/mol. The van der Waals surface area contributed by atoms with Gasteiger partial charge in [0.05, 0.1) is 28.3 Å². The number of imidazole rings is 1. The Labute approximate surface area is 224 Å². The van der Waals surface area contributed by atoms with E-state index in [4.69, 9.17) is 4.98 Å². The van der Waals surface area contributed by atoms with Gasteiger partial charge in [-0.25, -0.2) is 14.4 Å². The van der Waals surface area contributed by atoms with Crippen LogP contribution in [0.4, 0.5) is 15.9 Å². The van der Waals surface area contributed by atoms with Gasteiger partial charge in [-0.3, -0.25) is 14.9 Å². The molecule has 10 nitrogen and oxygen atoms in total. The molecule has 0 radical (unpaired) electrons. The number of piperazine rings is 1. The van der Waals surface area contributed by atoms with Gasteiger partial charge in [0.15, 0.2) is 11.6 Å². The second-order valence-electron chi connectivity index (χ2n) is 9.94. The minimum Gasteiger partial charge on any atom is -0.352 e. The zero-order chi connectivity index (χ0) is 26.9. The van der Waals surface area contributed by atoms with Gasteiger partial charge in [-0.05, 0) is 37.7 Å². The van der Waals surface area contributed by atoms with Crippen LogP contribution in [0.3, 0.4) is 0 Å². The van der Waals surface area contributed by atoms with Crippen LogP contribution in [0, 0.1) is 5.82 Å². The lowest BCUT2D eigenvalue weighted by atomic mass is 10.0. The van der Waals surface area contributed by atoms with E-state index in [1.807, 2.05) is 13.0 Å². The molecule has 6 rings (SSSR count). The third kappa shape index (κ3) is 4.81. The first-order chi connectivity index (χ1) is 19.0. The van der Waals surface area contributed by atoms with E-state index in [0.29, 0.717) is 45.7 Å². The topological polar surface area (TPSA) is 119 Å². The van der Waals surface area contributed by atoms with Crippen LogP contribution < -0.4 is 10.2 Å². The van der Waals surface area contributed by atoms with E-state index < -0.39 is 5.82 Å². The van der Waals surface area contributed by atoms with Crippen LogP contribution in [0.25, 0.3) is 44.6 Å². The highest BCUT2D eigenvalue weighted by Gasteiger charge is 2.23. The van der Waals surface area contributed by atoms with Gasteiger partial charge >= 0.3 is 0 Å². The van der Waals surface area contributed by atoms with Crippen molar-refractivity contribution in [1.82, 2.24) is 35.0 Å². The molecule has 0 saturated carbocycles. The first kappa shape index (κ1) is 24.9. The van der Waals surface area contributed by atoms with Gasteiger partial charge in [-0.15, -0.1) is 0 Å². The van der Waals surface area contributed by atoms with Gasteiger partial charge in [0.1, 0.15) is 17.0 Å². The summed E-state index contributed by atoms with van der Waals surface area (Å²) in [6, 6.07) is 7.08.